The molecule has 0 atom stereocenters. The first kappa shape index (κ1) is 18.9. The highest BCUT2D eigenvalue weighted by molar-refractivity contribution is 6.31. The number of pyridine rings is 1. The Morgan fingerprint density at radius 2 is 1.71 bits per heavy atom. The van der Waals surface area contributed by atoms with Crippen LogP contribution in [-0.2, 0) is 13.2 Å². The molecule has 3 nitrogen and oxygen atoms in total. The Kier molecular flexibility index (Phi) is 5.29. The van der Waals surface area contributed by atoms with Crippen LogP contribution in [-0.4, -0.2) is 9.55 Å². The van der Waals surface area contributed by atoms with Crippen LogP contribution in [0.2, 0.25) is 10.0 Å². The van der Waals surface area contributed by atoms with Gasteiger partial charge in [-0.3, -0.25) is 4.98 Å². The molecule has 0 unspecified atom stereocenters. The summed E-state index contributed by atoms with van der Waals surface area (Å²) < 4.78 is 8.42. The first-order valence-corrected chi connectivity index (χ1v) is 9.85. The summed E-state index contributed by atoms with van der Waals surface area (Å²) in [5.41, 5.74) is 6.39. The van der Waals surface area contributed by atoms with Gasteiger partial charge in [0.15, 0.2) is 0 Å². The monoisotopic (exact) mass is 410 g/mol. The Labute approximate surface area is 174 Å². The van der Waals surface area contributed by atoms with Crippen LogP contribution in [0, 0.1) is 13.8 Å². The lowest BCUT2D eigenvalue weighted by Gasteiger charge is -2.13. The third-order valence-corrected chi connectivity index (χ3v) is 5.67. The third kappa shape index (κ3) is 3.60. The molecule has 0 bridgehead atoms. The topological polar surface area (TPSA) is 27.1 Å². The van der Waals surface area contributed by atoms with Gasteiger partial charge in [0.2, 0.25) is 0 Å². The normalized spacial score (nSPS) is 11.1. The van der Waals surface area contributed by atoms with E-state index >= 15 is 0 Å². The molecular formula is C23H20Cl2N2O. The van der Waals surface area contributed by atoms with E-state index in [1.54, 1.807) is 6.20 Å². The molecule has 0 radical (unpaired) electrons. The summed E-state index contributed by atoms with van der Waals surface area (Å²) in [6, 6.07) is 17.5. The smallest absolute Gasteiger partial charge is 0.147 e. The number of halogens is 2. The Morgan fingerprint density at radius 1 is 0.964 bits per heavy atom. The number of ether oxygens (including phenoxy) is 1. The van der Waals surface area contributed by atoms with E-state index in [4.69, 9.17) is 27.9 Å². The fraction of sp³-hybridized carbons (Fsp3) is 0.174. The third-order valence-electron chi connectivity index (χ3n) is 5.05. The molecule has 0 saturated heterocycles. The highest BCUT2D eigenvalue weighted by Gasteiger charge is 2.17. The van der Waals surface area contributed by atoms with Crippen LogP contribution in [0.4, 0.5) is 0 Å². The minimum atomic E-state index is 0.464. The van der Waals surface area contributed by atoms with E-state index in [0.717, 1.165) is 49.2 Å². The number of fused-ring (bicyclic) bond motifs is 1. The van der Waals surface area contributed by atoms with Gasteiger partial charge in [-0.2, -0.15) is 0 Å². The highest BCUT2D eigenvalue weighted by atomic mass is 35.5. The Hall–Kier alpha value is -2.49. The van der Waals surface area contributed by atoms with Crippen molar-refractivity contribution in [2.24, 2.45) is 0 Å². The molecule has 142 valence electrons. The lowest BCUT2D eigenvalue weighted by Crippen LogP contribution is -2.04. The maximum Gasteiger partial charge on any atom is 0.147 e. The van der Waals surface area contributed by atoms with Crippen LogP contribution < -0.4 is 4.74 Å². The van der Waals surface area contributed by atoms with Crippen molar-refractivity contribution >= 4 is 34.2 Å². The van der Waals surface area contributed by atoms with Crippen LogP contribution >= 0.6 is 23.2 Å². The Bertz CT molecular complexity index is 1130. The molecule has 0 N–H and O–H groups in total. The van der Waals surface area contributed by atoms with Gasteiger partial charge in [0.25, 0.3) is 0 Å². The maximum atomic E-state index is 6.41. The average molecular weight is 411 g/mol. The van der Waals surface area contributed by atoms with Gasteiger partial charge in [0.1, 0.15) is 17.9 Å². The quantitative estimate of drug-likeness (QED) is 0.371. The molecule has 5 heteroatoms. The zero-order chi connectivity index (χ0) is 19.7. The summed E-state index contributed by atoms with van der Waals surface area (Å²) in [4.78, 5) is 4.60. The van der Waals surface area contributed by atoms with E-state index in [-0.39, 0.29) is 0 Å². The lowest BCUT2D eigenvalue weighted by molar-refractivity contribution is 0.308. The standard InChI is InChI=1S/C23H20Cl2N2O/c1-15-16(2)27(13-18-5-3-4-6-20(18)25)23-21(11-12-26-22(15)23)28-14-17-7-9-19(24)10-8-17/h3-12H,13-14H2,1-2H3. The Balaban J connectivity index is 1.74. The number of nitrogens with zero attached hydrogens (tertiary/aromatic N) is 2. The van der Waals surface area contributed by atoms with Crippen molar-refractivity contribution in [1.29, 1.82) is 0 Å². The minimum absolute atomic E-state index is 0.464. The van der Waals surface area contributed by atoms with Gasteiger partial charge < -0.3 is 9.30 Å². The molecule has 4 rings (SSSR count). The summed E-state index contributed by atoms with van der Waals surface area (Å²) in [5, 5.41) is 1.48. The number of hydrogen-bond donors (Lipinski definition) is 0. The van der Waals surface area contributed by atoms with E-state index < -0.39 is 0 Å². The van der Waals surface area contributed by atoms with Crippen molar-refractivity contribution in [3.8, 4) is 5.75 Å². The minimum Gasteiger partial charge on any atom is -0.487 e. The summed E-state index contributed by atoms with van der Waals surface area (Å²) >= 11 is 12.4. The molecule has 0 saturated carbocycles. The van der Waals surface area contributed by atoms with Crippen molar-refractivity contribution < 1.29 is 4.74 Å². The second-order valence-electron chi connectivity index (χ2n) is 6.81. The SMILES string of the molecule is Cc1c(C)n(Cc2ccccc2Cl)c2c(OCc3ccc(Cl)cc3)ccnc12. The molecule has 0 aliphatic heterocycles. The molecule has 0 amide bonds. The van der Waals surface area contributed by atoms with Gasteiger partial charge in [0, 0.05) is 34.5 Å². The van der Waals surface area contributed by atoms with Gasteiger partial charge in [0.05, 0.1) is 5.52 Å². The van der Waals surface area contributed by atoms with Crippen molar-refractivity contribution in [3.63, 3.8) is 0 Å². The van der Waals surface area contributed by atoms with E-state index in [0.29, 0.717) is 13.2 Å². The molecule has 2 heterocycles. The number of aromatic nitrogens is 2. The maximum absolute atomic E-state index is 6.41. The summed E-state index contributed by atoms with van der Waals surface area (Å²) in [5.74, 6) is 0.809. The van der Waals surface area contributed by atoms with E-state index in [1.165, 1.54) is 0 Å². The second kappa shape index (κ2) is 7.86. The molecule has 4 aromatic rings. The molecule has 2 aromatic carbocycles. The van der Waals surface area contributed by atoms with Crippen molar-refractivity contribution in [1.82, 2.24) is 9.55 Å². The summed E-state index contributed by atoms with van der Waals surface area (Å²) in [7, 11) is 0. The Morgan fingerprint density at radius 3 is 2.46 bits per heavy atom. The molecule has 0 aliphatic carbocycles. The van der Waals surface area contributed by atoms with Crippen LogP contribution in [0.15, 0.2) is 60.8 Å². The van der Waals surface area contributed by atoms with Gasteiger partial charge in [-0.05, 0) is 48.7 Å². The molecular weight excluding hydrogens is 391 g/mol. The predicted molar refractivity (Wildman–Crippen MR) is 116 cm³/mol. The van der Waals surface area contributed by atoms with Gasteiger partial charge >= 0.3 is 0 Å². The largest absolute Gasteiger partial charge is 0.487 e. The molecule has 0 fully saturated rings. The summed E-state index contributed by atoms with van der Waals surface area (Å²) in [6.07, 6.45) is 1.80. The van der Waals surface area contributed by atoms with E-state index in [2.05, 4.69) is 23.4 Å². The predicted octanol–water partition coefficient (Wildman–Crippen LogP) is 6.59. The number of hydrogen-bond acceptors (Lipinski definition) is 2. The zero-order valence-corrected chi connectivity index (χ0v) is 17.3. The van der Waals surface area contributed by atoms with Gasteiger partial charge in [-0.25, -0.2) is 0 Å². The van der Waals surface area contributed by atoms with Crippen molar-refractivity contribution in [2.75, 3.05) is 0 Å². The van der Waals surface area contributed by atoms with Gasteiger partial charge in [-0.15, -0.1) is 0 Å². The van der Waals surface area contributed by atoms with E-state index in [9.17, 15) is 0 Å². The van der Waals surface area contributed by atoms with Crippen LogP contribution in [0.1, 0.15) is 22.4 Å². The average Bonchev–Trinajstić information content (AvgIpc) is 2.95. The van der Waals surface area contributed by atoms with Crippen LogP contribution in [0.25, 0.3) is 11.0 Å². The highest BCUT2D eigenvalue weighted by Crippen LogP contribution is 2.32. The second-order valence-corrected chi connectivity index (χ2v) is 7.65. The first-order chi connectivity index (χ1) is 13.5. The summed E-state index contributed by atoms with van der Waals surface area (Å²) in [6.45, 7) is 5.33. The molecule has 0 spiro atoms. The fourth-order valence-corrected chi connectivity index (χ4v) is 3.69. The number of rotatable bonds is 5. The number of aryl methyl sites for hydroxylation is 1. The van der Waals surface area contributed by atoms with Crippen molar-refractivity contribution in [3.05, 3.63) is 93.2 Å². The van der Waals surface area contributed by atoms with Crippen molar-refractivity contribution in [2.45, 2.75) is 27.0 Å². The lowest BCUT2D eigenvalue weighted by atomic mass is 10.2. The first-order valence-electron chi connectivity index (χ1n) is 9.09. The zero-order valence-electron chi connectivity index (χ0n) is 15.7. The van der Waals surface area contributed by atoms with Gasteiger partial charge in [-0.1, -0.05) is 53.5 Å². The van der Waals surface area contributed by atoms with Crippen LogP contribution in [0.5, 0.6) is 5.75 Å². The van der Waals surface area contributed by atoms with E-state index in [1.807, 2.05) is 54.6 Å². The molecule has 2 aromatic heterocycles. The fourth-order valence-electron chi connectivity index (χ4n) is 3.37. The van der Waals surface area contributed by atoms with Crippen LogP contribution in [0.3, 0.4) is 0 Å². The number of benzene rings is 2. The molecule has 0 aliphatic rings. The molecule has 28 heavy (non-hydrogen) atoms.